The standard InChI is InChI=1S/2C5H5NO.CH5N3O/c2*7-4-5-2-1-3-6-5;2-1(5)4-3/h2*1-4,6H;3H2,(H3,2,4,5). The number of primary amides is 1. The third-order valence-electron chi connectivity index (χ3n) is 1.64. The van der Waals surface area contributed by atoms with Crippen molar-refractivity contribution < 1.29 is 14.4 Å². The summed E-state index contributed by atoms with van der Waals surface area (Å²) in [5.41, 5.74) is 7.33. The summed E-state index contributed by atoms with van der Waals surface area (Å²) in [6.45, 7) is 0. The molecule has 0 aliphatic rings. The van der Waals surface area contributed by atoms with Crippen molar-refractivity contribution in [3.8, 4) is 0 Å². The van der Waals surface area contributed by atoms with Crippen LogP contribution in [0.2, 0.25) is 0 Å². The van der Waals surface area contributed by atoms with Crippen LogP contribution in [0.4, 0.5) is 4.79 Å². The Labute approximate surface area is 109 Å². The zero-order chi connectivity index (χ0) is 14.5. The molecule has 8 nitrogen and oxygen atoms in total. The molecule has 2 heterocycles. The molecule has 2 amide bonds. The van der Waals surface area contributed by atoms with Gasteiger partial charge in [-0.05, 0) is 24.3 Å². The highest BCUT2D eigenvalue weighted by Crippen LogP contribution is 1.86. The molecule has 102 valence electrons. The molecule has 0 spiro atoms. The first-order valence-electron chi connectivity index (χ1n) is 5.07. The molecule has 2 rings (SSSR count). The van der Waals surface area contributed by atoms with E-state index in [2.05, 4.69) is 21.5 Å². The lowest BCUT2D eigenvalue weighted by atomic mass is 10.5. The highest BCUT2D eigenvalue weighted by molar-refractivity contribution is 5.72. The van der Waals surface area contributed by atoms with Crippen molar-refractivity contribution in [1.82, 2.24) is 15.4 Å². The van der Waals surface area contributed by atoms with E-state index in [0.29, 0.717) is 11.4 Å². The molecule has 0 aliphatic heterocycles. The topological polar surface area (TPSA) is 147 Å². The molecule has 0 saturated heterocycles. The van der Waals surface area contributed by atoms with E-state index in [9.17, 15) is 14.4 Å². The van der Waals surface area contributed by atoms with Gasteiger partial charge in [0.25, 0.3) is 0 Å². The van der Waals surface area contributed by atoms with Gasteiger partial charge in [0.2, 0.25) is 0 Å². The van der Waals surface area contributed by atoms with E-state index in [0.717, 1.165) is 12.6 Å². The maximum absolute atomic E-state index is 9.84. The van der Waals surface area contributed by atoms with Crippen molar-refractivity contribution in [2.24, 2.45) is 11.6 Å². The molecule has 0 radical (unpaired) electrons. The number of aldehydes is 2. The summed E-state index contributed by atoms with van der Waals surface area (Å²) >= 11 is 0. The molecular weight excluding hydrogens is 250 g/mol. The summed E-state index contributed by atoms with van der Waals surface area (Å²) in [5.74, 6) is 4.45. The average molecular weight is 265 g/mol. The Balaban J connectivity index is 0.000000261. The maximum atomic E-state index is 9.84. The number of aromatic amines is 2. The number of rotatable bonds is 2. The zero-order valence-electron chi connectivity index (χ0n) is 10.00. The molecule has 0 atom stereocenters. The Hall–Kier alpha value is -2.87. The fourth-order valence-electron chi connectivity index (χ4n) is 0.835. The van der Waals surface area contributed by atoms with Crippen LogP contribution in [0.3, 0.4) is 0 Å². The Kier molecular flexibility index (Phi) is 8.74. The first kappa shape index (κ1) is 16.1. The number of hydrogen-bond donors (Lipinski definition) is 5. The minimum Gasteiger partial charge on any atom is -0.359 e. The van der Waals surface area contributed by atoms with Gasteiger partial charge < -0.3 is 15.7 Å². The number of nitrogens with one attached hydrogen (secondary N) is 3. The molecule has 0 saturated carbocycles. The monoisotopic (exact) mass is 265 g/mol. The lowest BCUT2D eigenvalue weighted by Crippen LogP contribution is -2.34. The van der Waals surface area contributed by atoms with Crippen LogP contribution in [0.1, 0.15) is 21.0 Å². The number of carbonyl (C=O) groups excluding carboxylic acids is 3. The van der Waals surface area contributed by atoms with Crippen LogP contribution in [0, 0.1) is 0 Å². The molecule has 19 heavy (non-hydrogen) atoms. The van der Waals surface area contributed by atoms with Gasteiger partial charge in [0.1, 0.15) is 0 Å². The molecule has 2 aromatic heterocycles. The highest BCUT2D eigenvalue weighted by atomic mass is 16.2. The second-order valence-corrected chi connectivity index (χ2v) is 3.00. The van der Waals surface area contributed by atoms with Crippen molar-refractivity contribution in [3.63, 3.8) is 0 Å². The maximum Gasteiger partial charge on any atom is 0.326 e. The van der Waals surface area contributed by atoms with Crippen LogP contribution in [-0.2, 0) is 0 Å². The van der Waals surface area contributed by atoms with Crippen LogP contribution in [0.5, 0.6) is 0 Å². The predicted octanol–water partition coefficient (Wildman–Crippen LogP) is 0.183. The zero-order valence-corrected chi connectivity index (χ0v) is 10.00. The molecule has 2 aromatic rings. The number of nitrogens with two attached hydrogens (primary N) is 2. The summed E-state index contributed by atoms with van der Waals surface area (Å²) in [6, 6.07) is 6.28. The van der Waals surface area contributed by atoms with Crippen LogP contribution < -0.4 is 17.0 Å². The molecule has 0 bridgehead atoms. The summed E-state index contributed by atoms with van der Waals surface area (Å²) in [4.78, 5) is 34.5. The number of aromatic nitrogens is 2. The van der Waals surface area contributed by atoms with Gasteiger partial charge in [-0.1, -0.05) is 0 Å². The second-order valence-electron chi connectivity index (χ2n) is 3.00. The van der Waals surface area contributed by atoms with E-state index in [1.807, 2.05) is 0 Å². The average Bonchev–Trinajstić information content (AvgIpc) is 3.12. The highest BCUT2D eigenvalue weighted by Gasteiger charge is 1.81. The van der Waals surface area contributed by atoms with Crippen LogP contribution >= 0.6 is 0 Å². The third-order valence-corrected chi connectivity index (χ3v) is 1.64. The predicted molar refractivity (Wildman–Crippen MR) is 69.3 cm³/mol. The molecule has 0 aliphatic carbocycles. The fourth-order valence-corrected chi connectivity index (χ4v) is 0.835. The Morgan fingerprint density at radius 3 is 1.53 bits per heavy atom. The van der Waals surface area contributed by atoms with Crippen molar-refractivity contribution in [2.45, 2.75) is 0 Å². The first-order valence-corrected chi connectivity index (χ1v) is 5.07. The molecule has 0 aromatic carbocycles. The lowest BCUT2D eigenvalue weighted by molar-refractivity contribution is 0.111. The number of amides is 2. The second kappa shape index (κ2) is 10.3. The first-order chi connectivity index (χ1) is 9.13. The van der Waals surface area contributed by atoms with E-state index in [4.69, 9.17) is 0 Å². The minimum atomic E-state index is -0.718. The van der Waals surface area contributed by atoms with Crippen LogP contribution in [0.15, 0.2) is 36.7 Å². The molecule has 0 unspecified atom stereocenters. The Bertz CT molecular complexity index is 426. The number of urea groups is 1. The van der Waals surface area contributed by atoms with E-state index < -0.39 is 6.03 Å². The number of hydrogen-bond acceptors (Lipinski definition) is 4. The van der Waals surface area contributed by atoms with Crippen LogP contribution in [-0.4, -0.2) is 28.6 Å². The molecule has 8 heteroatoms. The molecular formula is C11H15N5O3. The lowest BCUT2D eigenvalue weighted by Gasteiger charge is -1.81. The summed E-state index contributed by atoms with van der Waals surface area (Å²) in [7, 11) is 0. The van der Waals surface area contributed by atoms with E-state index in [-0.39, 0.29) is 0 Å². The number of carbonyl (C=O) groups is 3. The van der Waals surface area contributed by atoms with E-state index in [1.54, 1.807) is 42.1 Å². The third kappa shape index (κ3) is 8.89. The van der Waals surface area contributed by atoms with E-state index >= 15 is 0 Å². The molecule has 7 N–H and O–H groups in total. The quantitative estimate of drug-likeness (QED) is 0.228. The van der Waals surface area contributed by atoms with Crippen molar-refractivity contribution in [3.05, 3.63) is 48.0 Å². The summed E-state index contributed by atoms with van der Waals surface area (Å²) in [5, 5.41) is 0. The molecule has 0 fully saturated rings. The minimum absolute atomic E-state index is 0.625. The Morgan fingerprint density at radius 1 is 1.05 bits per heavy atom. The van der Waals surface area contributed by atoms with Gasteiger partial charge in [-0.25, -0.2) is 10.6 Å². The van der Waals surface area contributed by atoms with Gasteiger partial charge in [-0.2, -0.15) is 0 Å². The van der Waals surface area contributed by atoms with E-state index in [1.165, 1.54) is 0 Å². The number of H-pyrrole nitrogens is 2. The smallest absolute Gasteiger partial charge is 0.326 e. The summed E-state index contributed by atoms with van der Waals surface area (Å²) < 4.78 is 0. The van der Waals surface area contributed by atoms with Gasteiger partial charge in [-0.3, -0.25) is 15.0 Å². The van der Waals surface area contributed by atoms with Gasteiger partial charge in [0, 0.05) is 12.4 Å². The van der Waals surface area contributed by atoms with Gasteiger partial charge >= 0.3 is 6.03 Å². The van der Waals surface area contributed by atoms with Gasteiger partial charge in [0.05, 0.1) is 11.4 Å². The SMILES string of the molecule is NNC(N)=O.O=Cc1ccc[nH]1.O=Cc1ccc[nH]1. The normalized spacial score (nSPS) is 8.05. The Morgan fingerprint density at radius 2 is 1.42 bits per heavy atom. The largest absolute Gasteiger partial charge is 0.359 e. The van der Waals surface area contributed by atoms with Gasteiger partial charge in [0.15, 0.2) is 12.6 Å². The van der Waals surface area contributed by atoms with Crippen LogP contribution in [0.25, 0.3) is 0 Å². The number of hydrazine groups is 1. The van der Waals surface area contributed by atoms with Crippen molar-refractivity contribution >= 4 is 18.6 Å². The van der Waals surface area contributed by atoms with Crippen molar-refractivity contribution in [2.75, 3.05) is 0 Å². The van der Waals surface area contributed by atoms with Gasteiger partial charge in [-0.15, -0.1) is 0 Å². The summed E-state index contributed by atoms with van der Waals surface area (Å²) in [6.07, 6.45) is 4.98. The van der Waals surface area contributed by atoms with Crippen molar-refractivity contribution in [1.29, 1.82) is 0 Å². The fraction of sp³-hybridized carbons (Fsp3) is 0.